The summed E-state index contributed by atoms with van der Waals surface area (Å²) in [5.74, 6) is 2.94. The van der Waals surface area contributed by atoms with E-state index < -0.39 is 0 Å². The molecule has 1 aromatic rings. The zero-order valence-electron chi connectivity index (χ0n) is 12.6. The third-order valence-corrected chi connectivity index (χ3v) is 2.99. The van der Waals surface area contributed by atoms with E-state index in [1.165, 1.54) is 0 Å². The van der Waals surface area contributed by atoms with Gasteiger partial charge in [0.25, 0.3) is 0 Å². The molecule has 0 saturated carbocycles. The number of aryl methyl sites for hydroxylation is 1. The third-order valence-electron chi connectivity index (χ3n) is 2.99. The van der Waals surface area contributed by atoms with Gasteiger partial charge in [-0.2, -0.15) is 0 Å². The number of hydrogen-bond donors (Lipinski definition) is 3. The highest BCUT2D eigenvalue weighted by Crippen LogP contribution is 2.20. The van der Waals surface area contributed by atoms with Crippen molar-refractivity contribution in [3.05, 3.63) is 11.4 Å². The number of nitrogens with one attached hydrogen (secondary N) is 2. The first-order valence-corrected chi connectivity index (χ1v) is 6.95. The van der Waals surface area contributed by atoms with Crippen LogP contribution in [0.1, 0.15) is 38.6 Å². The number of aromatic nitrogens is 2. The van der Waals surface area contributed by atoms with Crippen LogP contribution in [0.15, 0.2) is 0 Å². The molecule has 0 bridgehead atoms. The molecule has 108 valence electrons. The molecule has 1 unspecified atom stereocenters. The van der Waals surface area contributed by atoms with Gasteiger partial charge in [0.15, 0.2) is 0 Å². The number of aliphatic hydroxyl groups excluding tert-OH is 1. The number of aliphatic hydroxyl groups is 1. The van der Waals surface area contributed by atoms with Gasteiger partial charge in [0, 0.05) is 25.6 Å². The summed E-state index contributed by atoms with van der Waals surface area (Å²) in [7, 11) is 1.85. The Bertz CT molecular complexity index is 407. The maximum atomic E-state index is 9.90. The van der Waals surface area contributed by atoms with Crippen LogP contribution in [0.5, 0.6) is 0 Å². The predicted molar refractivity (Wildman–Crippen MR) is 79.6 cm³/mol. The maximum absolute atomic E-state index is 9.90. The lowest BCUT2D eigenvalue weighted by molar-refractivity contribution is 0.161. The summed E-state index contributed by atoms with van der Waals surface area (Å²) in [5, 5.41) is 16.2. The zero-order chi connectivity index (χ0) is 14.4. The van der Waals surface area contributed by atoms with E-state index in [1.807, 2.05) is 20.9 Å². The van der Waals surface area contributed by atoms with E-state index in [9.17, 15) is 5.11 Å². The second kappa shape index (κ2) is 7.28. The summed E-state index contributed by atoms with van der Waals surface area (Å²) < 4.78 is 0. The normalized spacial score (nSPS) is 12.6. The molecular formula is C14H26N4O. The van der Waals surface area contributed by atoms with Gasteiger partial charge in [-0.25, -0.2) is 9.97 Å². The van der Waals surface area contributed by atoms with E-state index in [1.54, 1.807) is 0 Å². The summed E-state index contributed by atoms with van der Waals surface area (Å²) in [5.41, 5.74) is 0.983. The van der Waals surface area contributed by atoms with E-state index in [4.69, 9.17) is 0 Å². The molecule has 0 aromatic carbocycles. The van der Waals surface area contributed by atoms with Crippen molar-refractivity contribution in [2.75, 3.05) is 24.2 Å². The van der Waals surface area contributed by atoms with Gasteiger partial charge in [0.2, 0.25) is 0 Å². The molecule has 1 heterocycles. The van der Waals surface area contributed by atoms with E-state index in [2.05, 4.69) is 34.4 Å². The van der Waals surface area contributed by atoms with Crippen LogP contribution in [0, 0.1) is 12.8 Å². The van der Waals surface area contributed by atoms with Crippen LogP contribution in [-0.4, -0.2) is 34.8 Å². The summed E-state index contributed by atoms with van der Waals surface area (Å²) in [4.78, 5) is 8.90. The van der Waals surface area contributed by atoms with Crippen molar-refractivity contribution >= 4 is 11.6 Å². The molecular weight excluding hydrogens is 240 g/mol. The van der Waals surface area contributed by atoms with Crippen LogP contribution in [0.2, 0.25) is 0 Å². The Kier molecular flexibility index (Phi) is 6.02. The van der Waals surface area contributed by atoms with Crippen LogP contribution in [0.25, 0.3) is 0 Å². The molecule has 1 aromatic heterocycles. The molecule has 0 spiro atoms. The Morgan fingerprint density at radius 3 is 2.37 bits per heavy atom. The lowest BCUT2D eigenvalue weighted by Gasteiger charge is -2.17. The van der Waals surface area contributed by atoms with Crippen LogP contribution < -0.4 is 10.6 Å². The monoisotopic (exact) mass is 266 g/mol. The van der Waals surface area contributed by atoms with Gasteiger partial charge in [-0.15, -0.1) is 0 Å². The number of anilines is 2. The minimum absolute atomic E-state index is 0.350. The molecule has 5 heteroatoms. The van der Waals surface area contributed by atoms with Gasteiger partial charge in [-0.3, -0.25) is 0 Å². The van der Waals surface area contributed by atoms with E-state index in [-0.39, 0.29) is 6.10 Å². The SMILES string of the molecule is CCc1nc(NC)c(C)c(NCC(O)CC(C)C)n1. The largest absolute Gasteiger partial charge is 0.391 e. The summed E-state index contributed by atoms with van der Waals surface area (Å²) >= 11 is 0. The van der Waals surface area contributed by atoms with E-state index in [0.29, 0.717) is 12.5 Å². The first kappa shape index (κ1) is 15.7. The van der Waals surface area contributed by atoms with Crippen molar-refractivity contribution in [3.63, 3.8) is 0 Å². The molecule has 0 saturated heterocycles. The molecule has 0 aliphatic heterocycles. The van der Waals surface area contributed by atoms with Crippen LogP contribution >= 0.6 is 0 Å². The van der Waals surface area contributed by atoms with Crippen LogP contribution in [0.4, 0.5) is 11.6 Å². The lowest BCUT2D eigenvalue weighted by Crippen LogP contribution is -2.22. The van der Waals surface area contributed by atoms with E-state index >= 15 is 0 Å². The first-order chi connectivity index (χ1) is 8.97. The van der Waals surface area contributed by atoms with Crippen molar-refractivity contribution in [1.82, 2.24) is 9.97 Å². The first-order valence-electron chi connectivity index (χ1n) is 6.95. The average Bonchev–Trinajstić information content (AvgIpc) is 2.36. The smallest absolute Gasteiger partial charge is 0.134 e. The minimum Gasteiger partial charge on any atom is -0.391 e. The predicted octanol–water partition coefficient (Wildman–Crippen LogP) is 2.21. The van der Waals surface area contributed by atoms with Gasteiger partial charge in [0.1, 0.15) is 17.5 Å². The van der Waals surface area contributed by atoms with Gasteiger partial charge in [-0.1, -0.05) is 20.8 Å². The molecule has 3 N–H and O–H groups in total. The molecule has 0 fully saturated rings. The average molecular weight is 266 g/mol. The van der Waals surface area contributed by atoms with Crippen molar-refractivity contribution in [3.8, 4) is 0 Å². The van der Waals surface area contributed by atoms with Crippen LogP contribution in [-0.2, 0) is 6.42 Å². The van der Waals surface area contributed by atoms with E-state index in [0.717, 1.165) is 35.9 Å². The molecule has 5 nitrogen and oxygen atoms in total. The van der Waals surface area contributed by atoms with Crippen molar-refractivity contribution in [2.45, 2.75) is 46.6 Å². The Balaban J connectivity index is 2.77. The summed E-state index contributed by atoms with van der Waals surface area (Å²) in [6, 6.07) is 0. The van der Waals surface area contributed by atoms with Crippen molar-refractivity contribution < 1.29 is 5.11 Å². The topological polar surface area (TPSA) is 70.1 Å². The standard InChI is InChI=1S/C14H26N4O/c1-6-12-17-13(15-5)10(4)14(18-12)16-8-11(19)7-9(2)3/h9,11,19H,6-8H2,1-5H3,(H2,15,16,17,18). The van der Waals surface area contributed by atoms with Gasteiger partial charge in [0.05, 0.1) is 6.10 Å². The van der Waals surface area contributed by atoms with Crippen LogP contribution in [0.3, 0.4) is 0 Å². The highest BCUT2D eigenvalue weighted by Gasteiger charge is 2.11. The Morgan fingerprint density at radius 2 is 1.84 bits per heavy atom. The molecule has 19 heavy (non-hydrogen) atoms. The molecule has 0 radical (unpaired) electrons. The fraction of sp³-hybridized carbons (Fsp3) is 0.714. The summed E-state index contributed by atoms with van der Waals surface area (Å²) in [6.45, 7) is 8.73. The zero-order valence-corrected chi connectivity index (χ0v) is 12.6. The highest BCUT2D eigenvalue weighted by molar-refractivity contribution is 5.57. The van der Waals surface area contributed by atoms with Crippen molar-refractivity contribution in [1.29, 1.82) is 0 Å². The fourth-order valence-electron chi connectivity index (χ4n) is 1.98. The molecule has 1 rings (SSSR count). The number of rotatable bonds is 7. The Labute approximate surface area is 115 Å². The molecule has 0 aliphatic rings. The second-order valence-electron chi connectivity index (χ2n) is 5.23. The quantitative estimate of drug-likeness (QED) is 0.706. The van der Waals surface area contributed by atoms with Crippen molar-refractivity contribution in [2.24, 2.45) is 5.92 Å². The maximum Gasteiger partial charge on any atom is 0.134 e. The summed E-state index contributed by atoms with van der Waals surface area (Å²) in [6.07, 6.45) is 1.23. The third kappa shape index (κ3) is 4.67. The molecule has 0 amide bonds. The Morgan fingerprint density at radius 1 is 1.21 bits per heavy atom. The number of hydrogen-bond acceptors (Lipinski definition) is 5. The second-order valence-corrected chi connectivity index (χ2v) is 5.23. The molecule has 0 aliphatic carbocycles. The lowest BCUT2D eigenvalue weighted by atomic mass is 10.1. The van der Waals surface area contributed by atoms with Gasteiger partial charge >= 0.3 is 0 Å². The minimum atomic E-state index is -0.350. The number of nitrogens with zero attached hydrogens (tertiary/aromatic N) is 2. The van der Waals surface area contributed by atoms with Gasteiger partial charge in [-0.05, 0) is 19.3 Å². The fourth-order valence-corrected chi connectivity index (χ4v) is 1.98. The highest BCUT2D eigenvalue weighted by atomic mass is 16.3. The molecule has 1 atom stereocenters. The van der Waals surface area contributed by atoms with Gasteiger partial charge < -0.3 is 15.7 Å². The Hall–Kier alpha value is -1.36.